The highest BCUT2D eigenvalue weighted by Gasteiger charge is 2.18. The number of nitrogens with zero attached hydrogens (tertiary/aromatic N) is 2. The van der Waals surface area contributed by atoms with Crippen LogP contribution < -0.4 is 4.74 Å². The van der Waals surface area contributed by atoms with Gasteiger partial charge in [-0.3, -0.25) is 4.40 Å². The molecule has 0 aliphatic rings. The molecule has 2 aromatic heterocycles. The second-order valence-corrected chi connectivity index (χ2v) is 3.34. The third-order valence-corrected chi connectivity index (χ3v) is 2.44. The van der Waals surface area contributed by atoms with Gasteiger partial charge in [0.05, 0.1) is 12.8 Å². The number of imidazole rings is 1. The molecule has 0 radical (unpaired) electrons. The van der Waals surface area contributed by atoms with Crippen LogP contribution in [0.25, 0.3) is 5.65 Å². The minimum absolute atomic E-state index is 0.205. The quantitative estimate of drug-likeness (QED) is 0.853. The third kappa shape index (κ3) is 1.41. The van der Waals surface area contributed by atoms with E-state index in [1.54, 1.807) is 22.7 Å². The lowest BCUT2D eigenvalue weighted by Crippen LogP contribution is -2.04. The summed E-state index contributed by atoms with van der Waals surface area (Å²) in [7, 11) is 1.54. The summed E-state index contributed by atoms with van der Waals surface area (Å²) in [5.74, 6) is -0.401. The molecule has 5 nitrogen and oxygen atoms in total. The van der Waals surface area contributed by atoms with Gasteiger partial charge in [0, 0.05) is 6.20 Å². The van der Waals surface area contributed by atoms with Crippen molar-refractivity contribution in [3.63, 3.8) is 0 Å². The predicted molar refractivity (Wildman–Crippen MR) is 58.1 cm³/mol. The maximum atomic E-state index is 11.2. The van der Waals surface area contributed by atoms with E-state index in [1.807, 2.05) is 6.92 Å². The summed E-state index contributed by atoms with van der Waals surface area (Å²) in [4.78, 5) is 15.4. The van der Waals surface area contributed by atoms with Gasteiger partial charge in [0.15, 0.2) is 17.1 Å². The molecule has 0 amide bonds. The minimum Gasteiger partial charge on any atom is -0.493 e. The van der Waals surface area contributed by atoms with Crippen LogP contribution in [0.3, 0.4) is 0 Å². The second kappa shape index (κ2) is 3.84. The van der Waals surface area contributed by atoms with Gasteiger partial charge in [0.1, 0.15) is 0 Å². The SMILES string of the molecule is CCc1nc2c(OC)cccn2c1C(=O)O. The van der Waals surface area contributed by atoms with Gasteiger partial charge in [-0.05, 0) is 18.6 Å². The molecule has 16 heavy (non-hydrogen) atoms. The normalized spacial score (nSPS) is 10.6. The molecule has 1 N–H and O–H groups in total. The van der Waals surface area contributed by atoms with Gasteiger partial charge >= 0.3 is 5.97 Å². The van der Waals surface area contributed by atoms with Crippen molar-refractivity contribution in [2.24, 2.45) is 0 Å². The standard InChI is InChI=1S/C11H12N2O3/c1-3-7-9(11(14)15)13-6-4-5-8(16-2)10(13)12-7/h4-6H,3H2,1-2H3,(H,14,15). The molecule has 2 heterocycles. The molecule has 0 aliphatic heterocycles. The summed E-state index contributed by atoms with van der Waals surface area (Å²) in [6.45, 7) is 1.88. The van der Waals surface area contributed by atoms with Crippen LogP contribution in [0.2, 0.25) is 0 Å². The molecule has 0 aliphatic carbocycles. The largest absolute Gasteiger partial charge is 0.493 e. The van der Waals surface area contributed by atoms with E-state index in [2.05, 4.69) is 4.98 Å². The highest BCUT2D eigenvalue weighted by Crippen LogP contribution is 2.22. The third-order valence-electron chi connectivity index (χ3n) is 2.44. The number of hydrogen-bond donors (Lipinski definition) is 1. The monoisotopic (exact) mass is 220 g/mol. The summed E-state index contributed by atoms with van der Waals surface area (Å²) in [5.41, 5.74) is 1.31. The zero-order valence-electron chi connectivity index (χ0n) is 9.10. The number of ether oxygens (including phenoxy) is 1. The molecule has 0 saturated heterocycles. The van der Waals surface area contributed by atoms with Gasteiger partial charge in [0.2, 0.25) is 0 Å². The number of carbonyl (C=O) groups is 1. The maximum Gasteiger partial charge on any atom is 0.354 e. The van der Waals surface area contributed by atoms with Crippen molar-refractivity contribution in [1.82, 2.24) is 9.38 Å². The topological polar surface area (TPSA) is 63.8 Å². The van der Waals surface area contributed by atoms with Crippen LogP contribution in [0.5, 0.6) is 5.75 Å². The van der Waals surface area contributed by atoms with E-state index in [0.29, 0.717) is 23.5 Å². The fraction of sp³-hybridized carbons (Fsp3) is 0.273. The second-order valence-electron chi connectivity index (χ2n) is 3.34. The Labute approximate surface area is 92.3 Å². The highest BCUT2D eigenvalue weighted by atomic mass is 16.5. The first kappa shape index (κ1) is 10.5. The lowest BCUT2D eigenvalue weighted by atomic mass is 10.2. The predicted octanol–water partition coefficient (Wildman–Crippen LogP) is 1.60. The number of pyridine rings is 1. The number of carboxylic acid groups (broad SMARTS) is 1. The smallest absolute Gasteiger partial charge is 0.354 e. The summed E-state index contributed by atoms with van der Waals surface area (Å²) in [5, 5.41) is 9.15. The van der Waals surface area contributed by atoms with E-state index in [9.17, 15) is 4.79 Å². The molecular weight excluding hydrogens is 208 g/mol. The Hall–Kier alpha value is -2.04. The first-order valence-electron chi connectivity index (χ1n) is 4.96. The summed E-state index contributed by atoms with van der Waals surface area (Å²) >= 11 is 0. The van der Waals surface area contributed by atoms with E-state index in [1.165, 1.54) is 7.11 Å². The van der Waals surface area contributed by atoms with E-state index in [4.69, 9.17) is 9.84 Å². The fourth-order valence-electron chi connectivity index (χ4n) is 1.72. The van der Waals surface area contributed by atoms with Gasteiger partial charge in [-0.1, -0.05) is 6.92 Å². The Morgan fingerprint density at radius 2 is 2.38 bits per heavy atom. The van der Waals surface area contributed by atoms with E-state index >= 15 is 0 Å². The molecule has 2 rings (SSSR count). The van der Waals surface area contributed by atoms with E-state index < -0.39 is 5.97 Å². The van der Waals surface area contributed by atoms with Gasteiger partial charge in [-0.2, -0.15) is 0 Å². The number of aryl methyl sites for hydroxylation is 1. The van der Waals surface area contributed by atoms with E-state index in [0.717, 1.165) is 0 Å². The fourth-order valence-corrected chi connectivity index (χ4v) is 1.72. The number of fused-ring (bicyclic) bond motifs is 1. The highest BCUT2D eigenvalue weighted by molar-refractivity contribution is 5.88. The number of hydrogen-bond acceptors (Lipinski definition) is 3. The van der Waals surface area contributed by atoms with Crippen LogP contribution in [-0.4, -0.2) is 27.6 Å². The van der Waals surface area contributed by atoms with Crippen molar-refractivity contribution in [3.8, 4) is 5.75 Å². The number of carboxylic acids is 1. The Morgan fingerprint density at radius 3 is 2.94 bits per heavy atom. The van der Waals surface area contributed by atoms with Gasteiger partial charge < -0.3 is 9.84 Å². The van der Waals surface area contributed by atoms with Crippen molar-refractivity contribution >= 4 is 11.6 Å². The van der Waals surface area contributed by atoms with Gasteiger partial charge in [-0.15, -0.1) is 0 Å². The number of aromatic carboxylic acids is 1. The molecule has 0 unspecified atom stereocenters. The van der Waals surface area contributed by atoms with Gasteiger partial charge in [0.25, 0.3) is 0 Å². The first-order chi connectivity index (χ1) is 7.69. The van der Waals surface area contributed by atoms with E-state index in [-0.39, 0.29) is 5.69 Å². The van der Waals surface area contributed by atoms with Crippen molar-refractivity contribution in [3.05, 3.63) is 29.7 Å². The van der Waals surface area contributed by atoms with Crippen molar-refractivity contribution in [2.45, 2.75) is 13.3 Å². The van der Waals surface area contributed by atoms with Crippen molar-refractivity contribution in [1.29, 1.82) is 0 Å². The minimum atomic E-state index is -0.974. The molecule has 0 fully saturated rings. The maximum absolute atomic E-state index is 11.2. The Morgan fingerprint density at radius 1 is 1.62 bits per heavy atom. The average molecular weight is 220 g/mol. The van der Waals surface area contributed by atoms with Crippen LogP contribution in [0.4, 0.5) is 0 Å². The Kier molecular flexibility index (Phi) is 2.52. The zero-order valence-corrected chi connectivity index (χ0v) is 9.10. The van der Waals surface area contributed by atoms with Crippen LogP contribution >= 0.6 is 0 Å². The van der Waals surface area contributed by atoms with Crippen LogP contribution in [-0.2, 0) is 6.42 Å². The molecular formula is C11H12N2O3. The van der Waals surface area contributed by atoms with Crippen LogP contribution in [0.15, 0.2) is 18.3 Å². The Balaban J connectivity index is 2.82. The molecule has 0 spiro atoms. The molecule has 5 heteroatoms. The molecule has 0 bridgehead atoms. The number of aromatic nitrogens is 2. The van der Waals surface area contributed by atoms with Crippen LogP contribution in [0.1, 0.15) is 23.1 Å². The van der Waals surface area contributed by atoms with Gasteiger partial charge in [-0.25, -0.2) is 9.78 Å². The van der Waals surface area contributed by atoms with Crippen molar-refractivity contribution in [2.75, 3.05) is 7.11 Å². The molecule has 0 aromatic carbocycles. The summed E-state index contributed by atoms with van der Waals surface area (Å²) in [6.07, 6.45) is 2.25. The lowest BCUT2D eigenvalue weighted by molar-refractivity contribution is 0.0688. The molecule has 0 atom stereocenters. The molecule has 2 aromatic rings. The molecule has 84 valence electrons. The zero-order chi connectivity index (χ0) is 11.7. The number of rotatable bonds is 3. The summed E-state index contributed by atoms with van der Waals surface area (Å²) < 4.78 is 6.69. The number of methoxy groups -OCH3 is 1. The van der Waals surface area contributed by atoms with Crippen LogP contribution in [0, 0.1) is 0 Å². The summed E-state index contributed by atoms with van der Waals surface area (Å²) in [6, 6.07) is 3.49. The van der Waals surface area contributed by atoms with Crippen molar-refractivity contribution < 1.29 is 14.6 Å². The lowest BCUT2D eigenvalue weighted by Gasteiger charge is -2.01. The Bertz CT molecular complexity index is 545. The first-order valence-corrected chi connectivity index (χ1v) is 4.96. The average Bonchev–Trinajstić information content (AvgIpc) is 2.66. The molecule has 0 saturated carbocycles.